The second-order valence-corrected chi connectivity index (χ2v) is 7.88. The fraction of sp³-hybridized carbons (Fsp3) is 0.632. The van der Waals surface area contributed by atoms with Crippen molar-refractivity contribution in [1.82, 2.24) is 4.90 Å². The van der Waals surface area contributed by atoms with E-state index in [2.05, 4.69) is 56.2 Å². The van der Waals surface area contributed by atoms with Gasteiger partial charge in [0.05, 0.1) is 0 Å². The lowest BCUT2D eigenvalue weighted by Gasteiger charge is -2.31. The zero-order valence-electron chi connectivity index (χ0n) is 14.8. The number of likely N-dealkylation sites (N-methyl/N-ethyl adjacent to an activating group) is 1. The molecule has 0 aromatic heterocycles. The van der Waals surface area contributed by atoms with Gasteiger partial charge in [-0.05, 0) is 42.5 Å². The van der Waals surface area contributed by atoms with Crippen LogP contribution in [0.25, 0.3) is 5.32 Å². The molecule has 0 saturated heterocycles. The van der Waals surface area contributed by atoms with Crippen LogP contribution in [0.2, 0.25) is 0 Å². The van der Waals surface area contributed by atoms with E-state index in [1.807, 2.05) is 0 Å². The van der Waals surface area contributed by atoms with Crippen LogP contribution in [-0.2, 0) is 24.3 Å². The molecule has 2 rings (SSSR count). The van der Waals surface area contributed by atoms with Gasteiger partial charge in [0.2, 0.25) is 0 Å². The Hall–Kier alpha value is -1.39. The number of hydrogen-bond acceptors (Lipinski definition) is 2. The molecule has 1 unspecified atom stereocenters. The molecule has 0 radical (unpaired) electrons. The lowest BCUT2D eigenvalue weighted by Crippen LogP contribution is -2.26. The smallest absolute Gasteiger partial charge is 0.285 e. The molecule has 4 heteroatoms. The molecule has 0 saturated carbocycles. The number of aliphatic carboxylic acids is 1. The summed E-state index contributed by atoms with van der Waals surface area (Å²) in [5.41, 5.74) is 4.02. The molecular weight excluding hydrogens is 288 g/mol. The van der Waals surface area contributed by atoms with Crippen molar-refractivity contribution in [3.05, 3.63) is 40.2 Å². The second kappa shape index (κ2) is 7.45. The van der Waals surface area contributed by atoms with Crippen molar-refractivity contribution < 1.29 is 9.90 Å². The van der Waals surface area contributed by atoms with E-state index in [4.69, 9.17) is 0 Å². The Bertz CT molecular complexity index is 549. The number of benzene rings is 1. The molecule has 1 atom stereocenters. The largest absolute Gasteiger partial charge is 0.646 e. The molecule has 1 aliphatic rings. The zero-order chi connectivity index (χ0) is 17.0. The average Bonchev–Trinajstić information content (AvgIpc) is 2.45. The van der Waals surface area contributed by atoms with Crippen LogP contribution in [0, 0.1) is 5.41 Å². The monoisotopic (exact) mass is 317 g/mol. The van der Waals surface area contributed by atoms with Gasteiger partial charge < -0.3 is 15.3 Å². The minimum Gasteiger partial charge on any atom is -0.646 e. The van der Waals surface area contributed by atoms with Crippen LogP contribution in [0.3, 0.4) is 0 Å². The number of carboxylic acids is 1. The average molecular weight is 317 g/mol. The molecule has 0 fully saturated rings. The summed E-state index contributed by atoms with van der Waals surface area (Å²) in [7, 11) is 2.13. The third-order valence-electron chi connectivity index (χ3n) is 4.42. The van der Waals surface area contributed by atoms with Gasteiger partial charge in [-0.1, -0.05) is 51.0 Å². The summed E-state index contributed by atoms with van der Waals surface area (Å²) in [5, 5.41) is 13.8. The van der Waals surface area contributed by atoms with E-state index >= 15 is 0 Å². The molecule has 4 nitrogen and oxygen atoms in total. The molecule has 1 N–H and O–H groups in total. The Morgan fingerprint density at radius 3 is 2.74 bits per heavy atom. The van der Waals surface area contributed by atoms with Crippen LogP contribution < -0.4 is 0 Å². The molecule has 0 bridgehead atoms. The fourth-order valence-electron chi connectivity index (χ4n) is 2.93. The molecule has 0 aliphatic carbocycles. The maximum absolute atomic E-state index is 11.4. The molecule has 0 spiro atoms. The third-order valence-corrected chi connectivity index (χ3v) is 4.42. The van der Waals surface area contributed by atoms with Crippen molar-refractivity contribution in [3.63, 3.8) is 0 Å². The molecule has 0 amide bonds. The van der Waals surface area contributed by atoms with Gasteiger partial charge in [0, 0.05) is 13.1 Å². The van der Waals surface area contributed by atoms with Gasteiger partial charge in [-0.3, -0.25) is 4.79 Å². The highest BCUT2D eigenvalue weighted by Gasteiger charge is 2.15. The van der Waals surface area contributed by atoms with Crippen molar-refractivity contribution in [1.29, 1.82) is 0 Å². The Balaban J connectivity index is 1.95. The van der Waals surface area contributed by atoms with Crippen LogP contribution in [-0.4, -0.2) is 35.6 Å². The first-order valence-corrected chi connectivity index (χ1v) is 8.43. The second-order valence-electron chi connectivity index (χ2n) is 7.88. The first-order chi connectivity index (χ1) is 10.7. The van der Waals surface area contributed by atoms with E-state index in [0.29, 0.717) is 13.0 Å². The summed E-state index contributed by atoms with van der Waals surface area (Å²) < 4.78 is 0. The fourth-order valence-corrected chi connectivity index (χ4v) is 2.93. The van der Waals surface area contributed by atoms with Crippen LogP contribution in [0.4, 0.5) is 0 Å². The predicted molar refractivity (Wildman–Crippen MR) is 93.7 cm³/mol. The molecule has 23 heavy (non-hydrogen) atoms. The highest BCUT2D eigenvalue weighted by molar-refractivity contribution is 5.76. The first-order valence-electron chi connectivity index (χ1n) is 8.43. The minimum atomic E-state index is -0.813. The third kappa shape index (κ3) is 5.63. The van der Waals surface area contributed by atoms with E-state index in [9.17, 15) is 9.90 Å². The minimum absolute atomic E-state index is 0.139. The van der Waals surface area contributed by atoms with Crippen LogP contribution in [0.15, 0.2) is 18.2 Å². The zero-order valence-corrected chi connectivity index (χ0v) is 14.8. The van der Waals surface area contributed by atoms with E-state index in [1.54, 1.807) is 0 Å². The lowest BCUT2D eigenvalue weighted by atomic mass is 9.88. The summed E-state index contributed by atoms with van der Waals surface area (Å²) in [4.78, 5) is 13.7. The van der Waals surface area contributed by atoms with Gasteiger partial charge >= 0.3 is 0 Å². The van der Waals surface area contributed by atoms with Gasteiger partial charge in [-0.2, -0.15) is 0 Å². The van der Waals surface area contributed by atoms with Crippen LogP contribution in [0.1, 0.15) is 50.3 Å². The topological polar surface area (TPSA) is 54.6 Å². The molecule has 128 valence electrons. The van der Waals surface area contributed by atoms with Gasteiger partial charge in [-0.15, -0.1) is 6.54 Å². The first kappa shape index (κ1) is 18.0. The highest BCUT2D eigenvalue weighted by Crippen LogP contribution is 2.25. The molecule has 1 aromatic carbocycles. The summed E-state index contributed by atoms with van der Waals surface area (Å²) in [6, 6.07) is 5.86. The van der Waals surface area contributed by atoms with Crippen molar-refractivity contribution in [2.75, 3.05) is 13.6 Å². The Kier molecular flexibility index (Phi) is 5.82. The Morgan fingerprint density at radius 2 is 2.09 bits per heavy atom. The van der Waals surface area contributed by atoms with E-state index in [-0.39, 0.29) is 5.41 Å². The normalized spacial score (nSPS) is 16.9. The molecular formula is C19H29N2O2-. The maximum atomic E-state index is 11.4. The number of nitrogens with zero attached hydrogens (tertiary/aromatic N) is 2. The quantitative estimate of drug-likeness (QED) is 0.867. The Labute approximate surface area is 139 Å². The van der Waals surface area contributed by atoms with Crippen molar-refractivity contribution in [3.8, 4) is 0 Å². The van der Waals surface area contributed by atoms with Gasteiger partial charge in [0.1, 0.15) is 0 Å². The number of carboxylic acid groups (broad SMARTS) is 1. The lowest BCUT2D eigenvalue weighted by molar-refractivity contribution is -0.138. The SMILES string of the molecule is CN1CCc2ccc(C[N-]C(CCC(C)(C)C)C(=O)O)cc2C1. The van der Waals surface area contributed by atoms with Gasteiger partial charge in [0.25, 0.3) is 5.97 Å². The predicted octanol–water partition coefficient (Wildman–Crippen LogP) is 3.83. The van der Waals surface area contributed by atoms with E-state index in [1.165, 1.54) is 11.1 Å². The van der Waals surface area contributed by atoms with E-state index < -0.39 is 12.0 Å². The van der Waals surface area contributed by atoms with Crippen molar-refractivity contribution in [2.24, 2.45) is 5.41 Å². The molecule has 1 aliphatic heterocycles. The number of rotatable bonds is 6. The van der Waals surface area contributed by atoms with Gasteiger partial charge in [0.15, 0.2) is 0 Å². The van der Waals surface area contributed by atoms with Crippen LogP contribution >= 0.6 is 0 Å². The summed E-state index contributed by atoms with van der Waals surface area (Å²) in [5.74, 6) is -0.813. The Morgan fingerprint density at radius 1 is 1.35 bits per heavy atom. The van der Waals surface area contributed by atoms with Crippen molar-refractivity contribution >= 4 is 5.97 Å². The number of hydrogen-bond donors (Lipinski definition) is 1. The standard InChI is InChI=1S/C19H29N2O2/c1-19(2,3)9-7-17(18(22)23)20-12-14-5-6-15-8-10-21(4)13-16(15)11-14/h5-6,11,17H,7-10,12-13H2,1-4H3,(H,22,23)/q-1. The summed E-state index contributed by atoms with van der Waals surface area (Å²) >= 11 is 0. The molecule has 1 heterocycles. The highest BCUT2D eigenvalue weighted by atomic mass is 16.4. The van der Waals surface area contributed by atoms with Crippen molar-refractivity contribution in [2.45, 2.75) is 59.2 Å². The van der Waals surface area contributed by atoms with Crippen LogP contribution in [0.5, 0.6) is 0 Å². The number of carbonyl (C=O) groups is 1. The van der Waals surface area contributed by atoms with E-state index in [0.717, 1.165) is 31.5 Å². The molecule has 1 aromatic rings. The summed E-state index contributed by atoms with van der Waals surface area (Å²) in [6.07, 6.45) is 2.56. The summed E-state index contributed by atoms with van der Waals surface area (Å²) in [6.45, 7) is 8.95. The van der Waals surface area contributed by atoms with Gasteiger partial charge in [-0.25, -0.2) is 0 Å². The number of fused-ring (bicyclic) bond motifs is 1. The maximum Gasteiger partial charge on any atom is 0.285 e.